The maximum Gasteiger partial charge on any atom is 0.0800 e. The van der Waals surface area contributed by atoms with E-state index in [-0.39, 0.29) is 5.60 Å². The van der Waals surface area contributed by atoms with E-state index in [0.717, 1.165) is 0 Å². The highest BCUT2D eigenvalue weighted by atomic mass is 16.8. The lowest BCUT2D eigenvalue weighted by Crippen LogP contribution is -2.25. The average Bonchev–Trinajstić information content (AvgIpc) is 1.30. The van der Waals surface area contributed by atoms with Crippen molar-refractivity contribution in [1.82, 2.24) is 5.64 Å². The summed E-state index contributed by atoms with van der Waals surface area (Å²) in [4.78, 5) is 4.42. The van der Waals surface area contributed by atoms with E-state index in [1.807, 2.05) is 0 Å². The smallest absolute Gasteiger partial charge is 0.0800 e. The van der Waals surface area contributed by atoms with Crippen LogP contribution in [0.1, 0.15) is 20.8 Å². The molecule has 0 unspecified atom stereocenters. The van der Waals surface area contributed by atoms with Crippen LogP contribution in [0.25, 0.3) is 0 Å². The molecule has 0 aromatic carbocycles. The van der Waals surface area contributed by atoms with Gasteiger partial charge in [0.25, 0.3) is 0 Å². The summed E-state index contributed by atoms with van der Waals surface area (Å²) in [5, 5.41) is 9.47. The molecule has 0 aromatic rings. The molecule has 0 saturated carbocycles. The van der Waals surface area contributed by atoms with Crippen molar-refractivity contribution in [3.05, 3.63) is 5.21 Å². The first-order valence-electron chi connectivity index (χ1n) is 2.11. The second-order valence-electron chi connectivity index (χ2n) is 2.30. The van der Waals surface area contributed by atoms with E-state index in [0.29, 0.717) is 0 Å². The minimum atomic E-state index is -0.373. The van der Waals surface area contributed by atoms with E-state index >= 15 is 0 Å². The van der Waals surface area contributed by atoms with Gasteiger partial charge in [0.15, 0.2) is 0 Å². The third-order valence-corrected chi connectivity index (χ3v) is 0.348. The first kappa shape index (κ1) is 6.88. The van der Waals surface area contributed by atoms with Crippen molar-refractivity contribution in [2.75, 3.05) is 0 Å². The number of nitrogens with one attached hydrogen (secondary N) is 1. The van der Waals surface area contributed by atoms with Crippen LogP contribution < -0.4 is 5.64 Å². The van der Waals surface area contributed by atoms with Gasteiger partial charge in [-0.3, -0.25) is 5.64 Å². The van der Waals surface area contributed by atoms with Crippen LogP contribution in [0.15, 0.2) is 0 Å². The van der Waals surface area contributed by atoms with E-state index in [2.05, 4.69) is 4.84 Å². The molecule has 0 atom stereocenters. The van der Waals surface area contributed by atoms with Gasteiger partial charge in [0.05, 0.1) is 5.60 Å². The summed E-state index contributed by atoms with van der Waals surface area (Å²) in [6, 6.07) is 0. The molecule has 0 radical (unpaired) electrons. The second-order valence-corrected chi connectivity index (χ2v) is 2.30. The SMILES string of the molecule is CC(C)(C)ON[O-]. The fourth-order valence-electron chi connectivity index (χ4n) is 0.125. The summed E-state index contributed by atoms with van der Waals surface area (Å²) in [6.45, 7) is 5.37. The molecule has 0 aliphatic carbocycles. The van der Waals surface area contributed by atoms with Crippen molar-refractivity contribution in [3.63, 3.8) is 0 Å². The molecule has 0 aromatic heterocycles. The molecule has 3 nitrogen and oxygen atoms in total. The molecule has 1 N–H and O–H groups in total. The lowest BCUT2D eigenvalue weighted by molar-refractivity contribution is -0.0520. The Bertz CT molecular complexity index is 48.1. The fraction of sp³-hybridized carbons (Fsp3) is 1.00. The number of hydrogen-bond donors (Lipinski definition) is 1. The minimum absolute atomic E-state index is 0.373. The molecule has 0 spiro atoms. The highest BCUT2D eigenvalue weighted by Gasteiger charge is 2.06. The van der Waals surface area contributed by atoms with Crippen molar-refractivity contribution in [2.24, 2.45) is 0 Å². The van der Waals surface area contributed by atoms with Crippen LogP contribution in [0.2, 0.25) is 0 Å². The van der Waals surface area contributed by atoms with Gasteiger partial charge in [-0.2, -0.15) is 0 Å². The van der Waals surface area contributed by atoms with Crippen LogP contribution >= 0.6 is 0 Å². The lowest BCUT2D eigenvalue weighted by atomic mass is 10.2. The zero-order chi connectivity index (χ0) is 5.91. The monoisotopic (exact) mass is 104 g/mol. The maximum atomic E-state index is 9.47. The van der Waals surface area contributed by atoms with Crippen molar-refractivity contribution >= 4 is 0 Å². The van der Waals surface area contributed by atoms with Crippen molar-refractivity contribution < 1.29 is 4.84 Å². The van der Waals surface area contributed by atoms with Crippen LogP contribution in [0.3, 0.4) is 0 Å². The summed E-state index contributed by atoms with van der Waals surface area (Å²) in [5.41, 5.74) is 0.984. The van der Waals surface area contributed by atoms with Gasteiger partial charge in [0.2, 0.25) is 0 Å². The van der Waals surface area contributed by atoms with Gasteiger partial charge in [0.1, 0.15) is 0 Å². The van der Waals surface area contributed by atoms with Gasteiger partial charge in [-0.25, -0.2) is 0 Å². The molecular weight excluding hydrogens is 94.0 g/mol. The van der Waals surface area contributed by atoms with Crippen LogP contribution in [0.4, 0.5) is 0 Å². The minimum Gasteiger partial charge on any atom is -0.765 e. The van der Waals surface area contributed by atoms with Crippen molar-refractivity contribution in [3.8, 4) is 0 Å². The second kappa shape index (κ2) is 2.26. The zero-order valence-corrected chi connectivity index (χ0v) is 4.82. The third-order valence-electron chi connectivity index (χ3n) is 0.348. The Morgan fingerprint density at radius 2 is 1.86 bits per heavy atom. The predicted octanol–water partition coefficient (Wildman–Crippen LogP) is 0.804. The fourth-order valence-corrected chi connectivity index (χ4v) is 0.125. The van der Waals surface area contributed by atoms with Gasteiger partial charge in [-0.1, -0.05) is 0 Å². The standard InChI is InChI=1S/C4H10NO2/c1-4(2,3)7-5-6/h5H,1-3H3/q-1. The molecule has 0 fully saturated rings. The van der Waals surface area contributed by atoms with Crippen LogP contribution in [-0.2, 0) is 4.84 Å². The summed E-state index contributed by atoms with van der Waals surface area (Å²) in [6.07, 6.45) is 0. The number of rotatable bonds is 1. The van der Waals surface area contributed by atoms with E-state index in [1.165, 1.54) is 5.64 Å². The first-order chi connectivity index (χ1) is 3.06. The van der Waals surface area contributed by atoms with Gasteiger partial charge in [-0.15, -0.1) is 0 Å². The number of hydrogen-bond acceptors (Lipinski definition) is 3. The van der Waals surface area contributed by atoms with E-state index < -0.39 is 0 Å². The van der Waals surface area contributed by atoms with E-state index in [4.69, 9.17) is 0 Å². The normalized spacial score (nSPS) is 12.0. The largest absolute Gasteiger partial charge is 0.765 e. The Kier molecular flexibility index (Phi) is 2.22. The molecule has 0 amide bonds. The topological polar surface area (TPSA) is 44.3 Å². The van der Waals surface area contributed by atoms with Crippen LogP contribution in [0, 0.1) is 5.21 Å². The van der Waals surface area contributed by atoms with Gasteiger partial charge >= 0.3 is 0 Å². The highest BCUT2D eigenvalue weighted by molar-refractivity contribution is 4.55. The lowest BCUT2D eigenvalue weighted by Gasteiger charge is -2.21. The molecule has 0 bridgehead atoms. The summed E-state index contributed by atoms with van der Waals surface area (Å²) in [5.74, 6) is 0. The molecule has 44 valence electrons. The van der Waals surface area contributed by atoms with E-state index in [9.17, 15) is 5.21 Å². The summed E-state index contributed by atoms with van der Waals surface area (Å²) in [7, 11) is 0. The Morgan fingerprint density at radius 1 is 1.43 bits per heavy atom. The maximum absolute atomic E-state index is 9.47. The first-order valence-corrected chi connectivity index (χ1v) is 2.11. The van der Waals surface area contributed by atoms with Crippen molar-refractivity contribution in [1.29, 1.82) is 0 Å². The highest BCUT2D eigenvalue weighted by Crippen LogP contribution is 2.02. The molecular formula is C4H10NO2-. The summed E-state index contributed by atoms with van der Waals surface area (Å²) >= 11 is 0. The summed E-state index contributed by atoms with van der Waals surface area (Å²) < 4.78 is 0. The van der Waals surface area contributed by atoms with Gasteiger partial charge in [0, 0.05) is 0 Å². The third kappa shape index (κ3) is 5.88. The van der Waals surface area contributed by atoms with Crippen molar-refractivity contribution in [2.45, 2.75) is 26.4 Å². The Balaban J connectivity index is 3.15. The molecule has 0 aliphatic heterocycles. The predicted molar refractivity (Wildman–Crippen MR) is 27.3 cm³/mol. The van der Waals surface area contributed by atoms with Crippen LogP contribution in [-0.4, -0.2) is 5.60 Å². The Labute approximate surface area is 43.2 Å². The quantitative estimate of drug-likeness (QED) is 0.500. The van der Waals surface area contributed by atoms with Gasteiger partial charge < -0.3 is 10.0 Å². The molecule has 7 heavy (non-hydrogen) atoms. The van der Waals surface area contributed by atoms with Gasteiger partial charge in [-0.05, 0) is 20.8 Å². The Hall–Kier alpha value is -0.120. The van der Waals surface area contributed by atoms with E-state index in [1.54, 1.807) is 20.8 Å². The van der Waals surface area contributed by atoms with Crippen LogP contribution in [0.5, 0.6) is 0 Å². The Morgan fingerprint density at radius 3 is 1.86 bits per heavy atom. The molecule has 0 rings (SSSR count). The molecule has 0 aliphatic rings. The zero-order valence-electron chi connectivity index (χ0n) is 4.82. The molecule has 3 heteroatoms. The molecule has 0 saturated heterocycles. The molecule has 0 heterocycles. The average molecular weight is 104 g/mol.